The molecule has 1 aliphatic heterocycles. The molecule has 1 aliphatic carbocycles. The first-order chi connectivity index (χ1) is 9.65. The van der Waals surface area contributed by atoms with Crippen LogP contribution in [0.5, 0.6) is 0 Å². The fourth-order valence-corrected chi connectivity index (χ4v) is 3.14. The predicted molar refractivity (Wildman–Crippen MR) is 79.0 cm³/mol. The van der Waals surface area contributed by atoms with Gasteiger partial charge in [0.05, 0.1) is 0 Å². The number of nitrogens with zero attached hydrogens (tertiary/aromatic N) is 2. The molecule has 0 aromatic heterocycles. The minimum absolute atomic E-state index is 0.0527. The van der Waals surface area contributed by atoms with E-state index < -0.39 is 0 Å². The second-order valence-electron chi connectivity index (χ2n) is 6.12. The van der Waals surface area contributed by atoms with Gasteiger partial charge >= 0.3 is 0 Å². The highest BCUT2D eigenvalue weighted by molar-refractivity contribution is 5.21. The molecule has 20 heavy (non-hydrogen) atoms. The van der Waals surface area contributed by atoms with Crippen LogP contribution in [0.4, 0.5) is 4.39 Å². The summed E-state index contributed by atoms with van der Waals surface area (Å²) in [5.41, 5.74) is 7.37. The molecule has 1 aromatic rings. The number of benzene rings is 1. The zero-order chi connectivity index (χ0) is 14.1. The lowest BCUT2D eigenvalue weighted by atomic mass is 9.99. The van der Waals surface area contributed by atoms with Gasteiger partial charge in [0.1, 0.15) is 5.82 Å². The lowest BCUT2D eigenvalue weighted by Gasteiger charge is -2.40. The quantitative estimate of drug-likeness (QED) is 0.913. The fraction of sp³-hybridized carbons (Fsp3) is 0.625. The van der Waals surface area contributed by atoms with Gasteiger partial charge < -0.3 is 5.73 Å². The van der Waals surface area contributed by atoms with Crippen LogP contribution in [0.3, 0.4) is 0 Å². The summed E-state index contributed by atoms with van der Waals surface area (Å²) >= 11 is 0. The summed E-state index contributed by atoms with van der Waals surface area (Å²) < 4.78 is 13.0. The van der Waals surface area contributed by atoms with Crippen LogP contribution in [-0.2, 0) is 0 Å². The van der Waals surface area contributed by atoms with Crippen molar-refractivity contribution in [1.29, 1.82) is 0 Å². The van der Waals surface area contributed by atoms with E-state index in [9.17, 15) is 4.39 Å². The van der Waals surface area contributed by atoms with Crippen molar-refractivity contribution in [3.8, 4) is 0 Å². The predicted octanol–water partition coefficient (Wildman–Crippen LogP) is 1.99. The molecule has 1 aromatic carbocycles. The van der Waals surface area contributed by atoms with E-state index in [1.165, 1.54) is 25.0 Å². The maximum absolute atomic E-state index is 13.0. The van der Waals surface area contributed by atoms with Gasteiger partial charge in [-0.1, -0.05) is 12.1 Å². The standard InChI is InChI=1S/C16H24FN3/c1-12(16(18)13-2-4-14(17)5-3-13)19-8-10-20(11-9-19)15-6-7-15/h2-5,12,15-16H,6-11,18H2,1H3. The molecule has 1 heterocycles. The first-order valence-electron chi connectivity index (χ1n) is 7.64. The Morgan fingerprint density at radius 1 is 1.10 bits per heavy atom. The lowest BCUT2D eigenvalue weighted by molar-refractivity contribution is 0.0875. The third kappa shape index (κ3) is 3.03. The average Bonchev–Trinajstić information content (AvgIpc) is 3.31. The largest absolute Gasteiger partial charge is 0.323 e. The van der Waals surface area contributed by atoms with E-state index in [1.54, 1.807) is 12.1 Å². The van der Waals surface area contributed by atoms with Gasteiger partial charge in [-0.2, -0.15) is 0 Å². The van der Waals surface area contributed by atoms with Crippen LogP contribution in [0.25, 0.3) is 0 Å². The fourth-order valence-electron chi connectivity index (χ4n) is 3.14. The van der Waals surface area contributed by atoms with Gasteiger partial charge in [-0.15, -0.1) is 0 Å². The van der Waals surface area contributed by atoms with Crippen molar-refractivity contribution >= 4 is 0 Å². The molecule has 110 valence electrons. The number of hydrogen-bond acceptors (Lipinski definition) is 3. The average molecular weight is 277 g/mol. The maximum Gasteiger partial charge on any atom is 0.123 e. The summed E-state index contributed by atoms with van der Waals surface area (Å²) in [6, 6.07) is 7.69. The van der Waals surface area contributed by atoms with Gasteiger partial charge in [0.15, 0.2) is 0 Å². The Balaban J connectivity index is 1.57. The number of halogens is 1. The van der Waals surface area contributed by atoms with E-state index in [0.29, 0.717) is 6.04 Å². The second kappa shape index (κ2) is 5.80. The number of piperazine rings is 1. The Morgan fingerprint density at radius 2 is 1.70 bits per heavy atom. The van der Waals surface area contributed by atoms with Crippen LogP contribution < -0.4 is 5.73 Å². The number of hydrogen-bond donors (Lipinski definition) is 1. The molecule has 2 fully saturated rings. The zero-order valence-electron chi connectivity index (χ0n) is 12.1. The van der Waals surface area contributed by atoms with Crippen LogP contribution in [0.15, 0.2) is 24.3 Å². The smallest absolute Gasteiger partial charge is 0.123 e. The molecule has 0 radical (unpaired) electrons. The van der Waals surface area contributed by atoms with Crippen LogP contribution in [0.2, 0.25) is 0 Å². The zero-order valence-corrected chi connectivity index (χ0v) is 12.1. The van der Waals surface area contributed by atoms with E-state index in [2.05, 4.69) is 16.7 Å². The third-order valence-corrected chi connectivity index (χ3v) is 4.76. The third-order valence-electron chi connectivity index (χ3n) is 4.76. The summed E-state index contributed by atoms with van der Waals surface area (Å²) in [7, 11) is 0. The summed E-state index contributed by atoms with van der Waals surface area (Å²) in [4.78, 5) is 5.07. The van der Waals surface area contributed by atoms with E-state index in [-0.39, 0.29) is 11.9 Å². The Hall–Kier alpha value is -0.970. The van der Waals surface area contributed by atoms with Crippen molar-refractivity contribution in [3.05, 3.63) is 35.6 Å². The van der Waals surface area contributed by atoms with Crippen molar-refractivity contribution in [1.82, 2.24) is 9.80 Å². The molecule has 2 N–H and O–H groups in total. The Labute approximate surface area is 120 Å². The van der Waals surface area contributed by atoms with Crippen molar-refractivity contribution < 1.29 is 4.39 Å². The lowest BCUT2D eigenvalue weighted by Crippen LogP contribution is -2.52. The Bertz CT molecular complexity index is 436. The topological polar surface area (TPSA) is 32.5 Å². The molecule has 0 amide bonds. The van der Waals surface area contributed by atoms with Crippen LogP contribution in [0, 0.1) is 5.82 Å². The molecule has 1 saturated carbocycles. The molecule has 0 bridgehead atoms. The molecule has 0 spiro atoms. The molecular formula is C16H24FN3. The first kappa shape index (κ1) is 14.0. The highest BCUT2D eigenvalue weighted by Gasteiger charge is 2.33. The Kier molecular flexibility index (Phi) is 4.06. The molecule has 2 atom stereocenters. The van der Waals surface area contributed by atoms with E-state index in [0.717, 1.165) is 37.8 Å². The van der Waals surface area contributed by atoms with Gasteiger partial charge in [-0.05, 0) is 37.5 Å². The molecule has 3 rings (SSSR count). The molecule has 2 aliphatic rings. The second-order valence-corrected chi connectivity index (χ2v) is 6.12. The van der Waals surface area contributed by atoms with Gasteiger partial charge in [0.2, 0.25) is 0 Å². The minimum atomic E-state index is -0.202. The van der Waals surface area contributed by atoms with Gasteiger partial charge in [0, 0.05) is 44.3 Å². The maximum atomic E-state index is 13.0. The first-order valence-corrected chi connectivity index (χ1v) is 7.64. The number of rotatable bonds is 4. The Morgan fingerprint density at radius 3 is 2.25 bits per heavy atom. The SMILES string of the molecule is CC(C(N)c1ccc(F)cc1)N1CCN(C2CC2)CC1. The molecular weight excluding hydrogens is 253 g/mol. The highest BCUT2D eigenvalue weighted by Crippen LogP contribution is 2.28. The van der Waals surface area contributed by atoms with E-state index in [4.69, 9.17) is 5.73 Å². The minimum Gasteiger partial charge on any atom is -0.323 e. The monoisotopic (exact) mass is 277 g/mol. The van der Waals surface area contributed by atoms with E-state index in [1.807, 2.05) is 0 Å². The molecule has 1 saturated heterocycles. The van der Waals surface area contributed by atoms with Crippen LogP contribution in [0.1, 0.15) is 31.4 Å². The van der Waals surface area contributed by atoms with Crippen molar-refractivity contribution in [2.24, 2.45) is 5.73 Å². The van der Waals surface area contributed by atoms with Crippen molar-refractivity contribution in [2.45, 2.75) is 37.9 Å². The van der Waals surface area contributed by atoms with E-state index >= 15 is 0 Å². The van der Waals surface area contributed by atoms with Gasteiger partial charge in [-0.25, -0.2) is 4.39 Å². The van der Waals surface area contributed by atoms with Crippen molar-refractivity contribution in [2.75, 3.05) is 26.2 Å². The van der Waals surface area contributed by atoms with Crippen LogP contribution >= 0.6 is 0 Å². The number of nitrogens with two attached hydrogens (primary N) is 1. The summed E-state index contributed by atoms with van der Waals surface area (Å²) in [5, 5.41) is 0. The normalized spacial score (nSPS) is 24.6. The van der Waals surface area contributed by atoms with Crippen molar-refractivity contribution in [3.63, 3.8) is 0 Å². The summed E-state index contributed by atoms with van der Waals surface area (Å²) in [6.07, 6.45) is 2.76. The summed E-state index contributed by atoms with van der Waals surface area (Å²) in [5.74, 6) is -0.202. The molecule has 2 unspecified atom stereocenters. The van der Waals surface area contributed by atoms with Gasteiger partial charge in [-0.3, -0.25) is 9.80 Å². The highest BCUT2D eigenvalue weighted by atomic mass is 19.1. The van der Waals surface area contributed by atoms with Gasteiger partial charge in [0.25, 0.3) is 0 Å². The molecule has 3 nitrogen and oxygen atoms in total. The summed E-state index contributed by atoms with van der Waals surface area (Å²) in [6.45, 7) is 6.68. The molecule has 4 heteroatoms. The van der Waals surface area contributed by atoms with Crippen LogP contribution in [-0.4, -0.2) is 48.1 Å².